The maximum Gasteiger partial charge on any atom is 0.433 e. The summed E-state index contributed by atoms with van der Waals surface area (Å²) in [5.41, 5.74) is 0.857. The average molecular weight is 249 g/mol. The molecule has 0 aliphatic carbocycles. The first-order chi connectivity index (χ1) is 8.54. The molecule has 18 heavy (non-hydrogen) atoms. The maximum atomic E-state index is 10.4. The molecular weight excluding hydrogens is 238 g/mol. The van der Waals surface area contributed by atoms with Crippen LogP contribution in [0.1, 0.15) is 11.3 Å². The molecule has 0 spiro atoms. The van der Waals surface area contributed by atoms with Crippen molar-refractivity contribution in [1.82, 2.24) is 0 Å². The van der Waals surface area contributed by atoms with Crippen molar-refractivity contribution in [3.8, 4) is 11.5 Å². The topological polar surface area (TPSA) is 85.7 Å². The number of ether oxygens (including phenoxy) is 1. The first-order valence-corrected chi connectivity index (χ1v) is 5.21. The van der Waals surface area contributed by atoms with Gasteiger partial charge in [-0.3, -0.25) is 10.1 Å². The number of phenols is 1. The van der Waals surface area contributed by atoms with Crippen molar-refractivity contribution in [3.63, 3.8) is 0 Å². The molecule has 0 amide bonds. The van der Waals surface area contributed by atoms with Crippen LogP contribution in [0.5, 0.6) is 11.5 Å². The van der Waals surface area contributed by atoms with E-state index in [0.29, 0.717) is 11.5 Å². The van der Waals surface area contributed by atoms with Crippen molar-refractivity contribution in [1.29, 1.82) is 0 Å². The zero-order valence-electron chi connectivity index (χ0n) is 9.62. The molecule has 0 unspecified atom stereocenters. The predicted octanol–water partition coefficient (Wildman–Crippen LogP) is 2.78. The first kappa shape index (κ1) is 12.0. The molecule has 1 heterocycles. The van der Waals surface area contributed by atoms with E-state index in [4.69, 9.17) is 9.15 Å². The molecule has 0 bridgehead atoms. The summed E-state index contributed by atoms with van der Waals surface area (Å²) in [6.45, 7) is 1.89. The Hall–Kier alpha value is -2.50. The van der Waals surface area contributed by atoms with Crippen LogP contribution < -0.4 is 4.74 Å². The maximum absolute atomic E-state index is 10.4. The van der Waals surface area contributed by atoms with Gasteiger partial charge in [0.1, 0.15) is 28.8 Å². The number of hydrogen-bond acceptors (Lipinski definition) is 5. The molecule has 2 rings (SSSR count). The van der Waals surface area contributed by atoms with Gasteiger partial charge in [0, 0.05) is 6.07 Å². The second-order valence-corrected chi connectivity index (χ2v) is 3.79. The van der Waals surface area contributed by atoms with Crippen molar-refractivity contribution in [2.24, 2.45) is 0 Å². The number of hydrogen-bond donors (Lipinski definition) is 1. The lowest BCUT2D eigenvalue weighted by molar-refractivity contribution is -0.402. The van der Waals surface area contributed by atoms with Crippen molar-refractivity contribution in [2.75, 3.05) is 0 Å². The Bertz CT molecular complexity index is 555. The Morgan fingerprint density at radius 2 is 2.17 bits per heavy atom. The molecule has 0 radical (unpaired) electrons. The highest BCUT2D eigenvalue weighted by molar-refractivity contribution is 5.36. The minimum atomic E-state index is -0.609. The lowest BCUT2D eigenvalue weighted by Gasteiger charge is -2.05. The third-order valence-corrected chi connectivity index (χ3v) is 2.24. The third kappa shape index (κ3) is 2.79. The molecule has 1 aromatic carbocycles. The second-order valence-electron chi connectivity index (χ2n) is 3.79. The average Bonchev–Trinajstić information content (AvgIpc) is 2.73. The molecule has 94 valence electrons. The summed E-state index contributed by atoms with van der Waals surface area (Å²) in [5, 5.41) is 19.8. The normalized spacial score (nSPS) is 10.3. The first-order valence-electron chi connectivity index (χ1n) is 5.21. The fourth-order valence-electron chi connectivity index (χ4n) is 1.51. The lowest BCUT2D eigenvalue weighted by atomic mass is 10.2. The van der Waals surface area contributed by atoms with Gasteiger partial charge in [-0.2, -0.15) is 0 Å². The van der Waals surface area contributed by atoms with Crippen LogP contribution in [0.3, 0.4) is 0 Å². The molecule has 1 N–H and O–H groups in total. The quantitative estimate of drug-likeness (QED) is 0.665. The second kappa shape index (κ2) is 4.79. The van der Waals surface area contributed by atoms with Gasteiger partial charge in [-0.25, -0.2) is 0 Å². The van der Waals surface area contributed by atoms with Gasteiger partial charge in [-0.1, -0.05) is 0 Å². The fourth-order valence-corrected chi connectivity index (χ4v) is 1.51. The van der Waals surface area contributed by atoms with Crippen molar-refractivity contribution < 1.29 is 19.2 Å². The van der Waals surface area contributed by atoms with Crippen LogP contribution in [-0.4, -0.2) is 10.0 Å². The fraction of sp³-hybridized carbons (Fsp3) is 0.167. The number of furan rings is 1. The number of nitrogens with zero attached hydrogens (tertiary/aromatic N) is 1. The zero-order valence-corrected chi connectivity index (χ0v) is 9.62. The Labute approximate surface area is 103 Å². The molecule has 6 nitrogen and oxygen atoms in total. The van der Waals surface area contributed by atoms with E-state index in [1.807, 2.05) is 6.92 Å². The minimum Gasteiger partial charge on any atom is -0.508 e. The van der Waals surface area contributed by atoms with Crippen LogP contribution in [0.2, 0.25) is 0 Å². The molecular formula is C12H11NO5. The molecule has 0 aliphatic rings. The number of benzene rings is 1. The van der Waals surface area contributed by atoms with Crippen LogP contribution in [0, 0.1) is 17.0 Å². The van der Waals surface area contributed by atoms with E-state index in [1.165, 1.54) is 18.2 Å². The van der Waals surface area contributed by atoms with Gasteiger partial charge in [0.15, 0.2) is 0 Å². The monoisotopic (exact) mass is 249 g/mol. The van der Waals surface area contributed by atoms with Crippen LogP contribution in [0.25, 0.3) is 0 Å². The van der Waals surface area contributed by atoms with Crippen molar-refractivity contribution in [2.45, 2.75) is 13.5 Å². The number of aromatic hydroxyl groups is 1. The van der Waals surface area contributed by atoms with E-state index >= 15 is 0 Å². The molecule has 6 heteroatoms. The van der Waals surface area contributed by atoms with Crippen LogP contribution >= 0.6 is 0 Å². The molecule has 0 aliphatic heterocycles. The number of aryl methyl sites for hydroxylation is 1. The Kier molecular flexibility index (Phi) is 3.18. The number of nitro groups is 1. The molecule has 0 atom stereocenters. The smallest absolute Gasteiger partial charge is 0.433 e. The van der Waals surface area contributed by atoms with Gasteiger partial charge >= 0.3 is 5.88 Å². The van der Waals surface area contributed by atoms with E-state index in [9.17, 15) is 15.2 Å². The molecule has 0 saturated heterocycles. The van der Waals surface area contributed by atoms with Gasteiger partial charge in [0.2, 0.25) is 0 Å². The highest BCUT2D eigenvalue weighted by atomic mass is 16.6. The SMILES string of the molecule is Cc1cc(O)cc(OCc2ccc([N+](=O)[O-])o2)c1. The summed E-state index contributed by atoms with van der Waals surface area (Å²) in [4.78, 5) is 9.81. The van der Waals surface area contributed by atoms with E-state index in [0.717, 1.165) is 5.56 Å². The lowest BCUT2D eigenvalue weighted by Crippen LogP contribution is -1.94. The van der Waals surface area contributed by atoms with Gasteiger partial charge in [-0.05, 0) is 30.7 Å². The van der Waals surface area contributed by atoms with E-state index in [2.05, 4.69) is 0 Å². The van der Waals surface area contributed by atoms with E-state index in [1.54, 1.807) is 12.1 Å². The highest BCUT2D eigenvalue weighted by Gasteiger charge is 2.12. The Morgan fingerprint density at radius 3 is 2.78 bits per heavy atom. The number of rotatable bonds is 4. The molecule has 2 aromatic rings. The summed E-state index contributed by atoms with van der Waals surface area (Å²) in [6, 6.07) is 7.56. The molecule has 1 aromatic heterocycles. The third-order valence-electron chi connectivity index (χ3n) is 2.24. The van der Waals surface area contributed by atoms with Gasteiger partial charge in [-0.15, -0.1) is 0 Å². The minimum absolute atomic E-state index is 0.0662. The predicted molar refractivity (Wildman–Crippen MR) is 62.5 cm³/mol. The largest absolute Gasteiger partial charge is 0.508 e. The van der Waals surface area contributed by atoms with Gasteiger partial charge < -0.3 is 14.3 Å². The van der Waals surface area contributed by atoms with Crippen LogP contribution in [0.15, 0.2) is 34.7 Å². The summed E-state index contributed by atoms with van der Waals surface area (Å²) < 4.78 is 10.3. The zero-order chi connectivity index (χ0) is 13.1. The van der Waals surface area contributed by atoms with E-state index in [-0.39, 0.29) is 18.2 Å². The molecule has 0 fully saturated rings. The number of phenolic OH excluding ortho intramolecular Hbond substituents is 1. The summed E-state index contributed by atoms with van der Waals surface area (Å²) >= 11 is 0. The van der Waals surface area contributed by atoms with E-state index < -0.39 is 4.92 Å². The summed E-state index contributed by atoms with van der Waals surface area (Å²) in [7, 11) is 0. The van der Waals surface area contributed by atoms with Gasteiger partial charge in [0.05, 0.1) is 6.07 Å². The van der Waals surface area contributed by atoms with Crippen molar-refractivity contribution in [3.05, 3.63) is 51.8 Å². The Balaban J connectivity index is 2.04. The van der Waals surface area contributed by atoms with Gasteiger partial charge in [0.25, 0.3) is 0 Å². The van der Waals surface area contributed by atoms with Crippen LogP contribution in [-0.2, 0) is 6.61 Å². The highest BCUT2D eigenvalue weighted by Crippen LogP contribution is 2.23. The van der Waals surface area contributed by atoms with Crippen molar-refractivity contribution >= 4 is 5.88 Å². The standard InChI is InChI=1S/C12H11NO5/c1-8-4-9(14)6-11(5-8)17-7-10-2-3-12(18-10)13(15)16/h2-6,14H,7H2,1H3. The van der Waals surface area contributed by atoms with Crippen LogP contribution in [0.4, 0.5) is 5.88 Å². The Morgan fingerprint density at radius 1 is 1.39 bits per heavy atom. The summed E-state index contributed by atoms with van der Waals surface area (Å²) in [5.74, 6) is 0.616. The molecule has 0 saturated carbocycles. The summed E-state index contributed by atoms with van der Waals surface area (Å²) in [6.07, 6.45) is 0.